The molecule has 1 saturated heterocycles. The average Bonchev–Trinajstić information content (AvgIpc) is 2.79. The maximum Gasteiger partial charge on any atom is 0.226 e. The number of aromatic nitrogens is 1. The molecular weight excluding hydrogens is 398 g/mol. The summed E-state index contributed by atoms with van der Waals surface area (Å²) in [6.45, 7) is 2.81. The van der Waals surface area contributed by atoms with Crippen LogP contribution in [0.2, 0.25) is 0 Å². The van der Waals surface area contributed by atoms with E-state index in [0.29, 0.717) is 32.4 Å². The van der Waals surface area contributed by atoms with E-state index in [1.807, 2.05) is 62.5 Å². The highest BCUT2D eigenvalue weighted by atomic mass is 32.2. The van der Waals surface area contributed by atoms with Crippen LogP contribution in [0.3, 0.4) is 0 Å². The lowest BCUT2D eigenvalue weighted by Crippen LogP contribution is -2.45. The van der Waals surface area contributed by atoms with E-state index >= 15 is 0 Å². The standard InChI is InChI=1S/C23H31N3O3S/c1-3-4-18-30(28,29)26-16-13-20(14-17-26)23(27)25(2)22(19-10-6-5-7-11-19)21-12-8-9-15-24-21/h5-12,15,20,22H,3-4,13-14,16-18H2,1-2H3. The average molecular weight is 430 g/mol. The third-order valence-electron chi connectivity index (χ3n) is 5.77. The molecule has 0 radical (unpaired) electrons. The molecule has 2 aromatic rings. The van der Waals surface area contributed by atoms with Crippen molar-refractivity contribution in [2.45, 2.75) is 38.6 Å². The molecule has 6 nitrogen and oxygen atoms in total. The van der Waals surface area contributed by atoms with E-state index in [1.54, 1.807) is 15.4 Å². The van der Waals surface area contributed by atoms with Crippen molar-refractivity contribution in [1.82, 2.24) is 14.2 Å². The molecule has 1 aliphatic heterocycles. The fourth-order valence-electron chi connectivity index (χ4n) is 4.02. The Balaban J connectivity index is 1.72. The molecule has 1 unspecified atom stereocenters. The van der Waals surface area contributed by atoms with Gasteiger partial charge in [0.2, 0.25) is 15.9 Å². The number of pyridine rings is 1. The molecule has 0 saturated carbocycles. The van der Waals surface area contributed by atoms with E-state index in [0.717, 1.165) is 17.7 Å². The summed E-state index contributed by atoms with van der Waals surface area (Å²) in [5.41, 5.74) is 1.82. The first-order chi connectivity index (χ1) is 14.4. The van der Waals surface area contributed by atoms with Crippen molar-refractivity contribution in [3.05, 3.63) is 66.0 Å². The van der Waals surface area contributed by atoms with Gasteiger partial charge in [-0.2, -0.15) is 0 Å². The van der Waals surface area contributed by atoms with Gasteiger partial charge in [0.15, 0.2) is 0 Å². The van der Waals surface area contributed by atoms with Gasteiger partial charge in [-0.05, 0) is 37.0 Å². The van der Waals surface area contributed by atoms with Crippen LogP contribution in [0.4, 0.5) is 0 Å². The van der Waals surface area contributed by atoms with Gasteiger partial charge in [-0.15, -0.1) is 0 Å². The fourth-order valence-corrected chi connectivity index (χ4v) is 5.70. The molecule has 1 aliphatic rings. The Morgan fingerprint density at radius 3 is 2.40 bits per heavy atom. The highest BCUT2D eigenvalue weighted by Crippen LogP contribution is 2.30. The Labute approximate surface area is 180 Å². The number of nitrogens with zero attached hydrogens (tertiary/aromatic N) is 3. The van der Waals surface area contributed by atoms with Crippen molar-refractivity contribution in [3.8, 4) is 0 Å². The van der Waals surface area contributed by atoms with Crippen LogP contribution in [0.15, 0.2) is 54.7 Å². The van der Waals surface area contributed by atoms with Gasteiger partial charge in [0.25, 0.3) is 0 Å². The van der Waals surface area contributed by atoms with Crippen molar-refractivity contribution in [2.75, 3.05) is 25.9 Å². The van der Waals surface area contributed by atoms with E-state index < -0.39 is 10.0 Å². The van der Waals surface area contributed by atoms with Crippen LogP contribution in [-0.2, 0) is 14.8 Å². The van der Waals surface area contributed by atoms with Crippen LogP contribution in [0.1, 0.15) is 49.9 Å². The molecule has 1 aromatic carbocycles. The lowest BCUT2D eigenvalue weighted by Gasteiger charge is -2.35. The van der Waals surface area contributed by atoms with Crippen LogP contribution < -0.4 is 0 Å². The lowest BCUT2D eigenvalue weighted by atomic mass is 9.94. The minimum Gasteiger partial charge on any atom is -0.333 e. The highest BCUT2D eigenvalue weighted by Gasteiger charge is 2.34. The van der Waals surface area contributed by atoms with Gasteiger partial charge >= 0.3 is 0 Å². The largest absolute Gasteiger partial charge is 0.333 e. The van der Waals surface area contributed by atoms with Crippen molar-refractivity contribution >= 4 is 15.9 Å². The van der Waals surface area contributed by atoms with Crippen LogP contribution in [0, 0.1) is 5.92 Å². The quantitative estimate of drug-likeness (QED) is 0.644. The number of hydrogen-bond acceptors (Lipinski definition) is 4. The maximum absolute atomic E-state index is 13.3. The molecular formula is C23H31N3O3S. The van der Waals surface area contributed by atoms with Crippen molar-refractivity contribution in [2.24, 2.45) is 5.92 Å². The first-order valence-corrected chi connectivity index (χ1v) is 12.3. The molecule has 0 spiro atoms. The van der Waals surface area contributed by atoms with E-state index in [-0.39, 0.29) is 23.6 Å². The molecule has 2 heterocycles. The molecule has 1 amide bonds. The van der Waals surface area contributed by atoms with Gasteiger partial charge < -0.3 is 4.90 Å². The van der Waals surface area contributed by atoms with Gasteiger partial charge in [0.05, 0.1) is 17.5 Å². The highest BCUT2D eigenvalue weighted by molar-refractivity contribution is 7.89. The van der Waals surface area contributed by atoms with E-state index in [4.69, 9.17) is 0 Å². The van der Waals surface area contributed by atoms with Crippen LogP contribution in [0.25, 0.3) is 0 Å². The summed E-state index contributed by atoms with van der Waals surface area (Å²) in [5, 5.41) is 0. The molecule has 0 bridgehead atoms. The number of unbranched alkanes of at least 4 members (excludes halogenated alkanes) is 1. The molecule has 1 aromatic heterocycles. The van der Waals surface area contributed by atoms with Crippen molar-refractivity contribution < 1.29 is 13.2 Å². The Morgan fingerprint density at radius 1 is 1.13 bits per heavy atom. The number of benzene rings is 1. The Kier molecular flexibility index (Phi) is 7.61. The number of carbonyl (C=O) groups is 1. The minimum absolute atomic E-state index is 0.0418. The fraction of sp³-hybridized carbons (Fsp3) is 0.478. The zero-order chi connectivity index (χ0) is 21.6. The van der Waals surface area contributed by atoms with Crippen LogP contribution in [-0.4, -0.2) is 54.4 Å². The molecule has 1 atom stereocenters. The Bertz CT molecular complexity index is 872. The van der Waals surface area contributed by atoms with E-state index in [2.05, 4.69) is 4.98 Å². The number of sulfonamides is 1. The Hall–Kier alpha value is -2.25. The second-order valence-corrected chi connectivity index (χ2v) is 9.95. The zero-order valence-corrected chi connectivity index (χ0v) is 18.6. The summed E-state index contributed by atoms with van der Waals surface area (Å²) >= 11 is 0. The molecule has 1 fully saturated rings. The summed E-state index contributed by atoms with van der Waals surface area (Å²) in [6, 6.07) is 15.3. The van der Waals surface area contributed by atoms with Gasteiger partial charge in [-0.1, -0.05) is 49.7 Å². The third kappa shape index (κ3) is 5.26. The number of hydrogen-bond donors (Lipinski definition) is 0. The summed E-state index contributed by atoms with van der Waals surface area (Å²) in [6.07, 6.45) is 4.37. The number of piperidine rings is 1. The predicted molar refractivity (Wildman–Crippen MR) is 118 cm³/mol. The molecule has 162 valence electrons. The molecule has 7 heteroatoms. The summed E-state index contributed by atoms with van der Waals surface area (Å²) < 4.78 is 26.5. The van der Waals surface area contributed by atoms with Crippen LogP contribution >= 0.6 is 0 Å². The minimum atomic E-state index is -3.22. The SMILES string of the molecule is CCCCS(=O)(=O)N1CCC(C(=O)N(C)C(c2ccccc2)c2ccccn2)CC1. The monoisotopic (exact) mass is 429 g/mol. The number of rotatable bonds is 8. The second kappa shape index (κ2) is 10.2. The van der Waals surface area contributed by atoms with Crippen molar-refractivity contribution in [3.63, 3.8) is 0 Å². The second-order valence-electron chi connectivity index (χ2n) is 7.86. The van der Waals surface area contributed by atoms with Gasteiger partial charge in [0, 0.05) is 32.3 Å². The Morgan fingerprint density at radius 2 is 1.80 bits per heavy atom. The summed E-state index contributed by atoms with van der Waals surface area (Å²) in [4.78, 5) is 19.6. The first-order valence-electron chi connectivity index (χ1n) is 10.6. The molecule has 0 aliphatic carbocycles. The first kappa shape index (κ1) is 22.4. The summed E-state index contributed by atoms with van der Waals surface area (Å²) in [5.74, 6) is 0.0558. The normalized spacial score (nSPS) is 16.9. The lowest BCUT2D eigenvalue weighted by molar-refractivity contribution is -0.137. The molecule has 0 N–H and O–H groups in total. The number of carbonyl (C=O) groups excluding carboxylic acids is 1. The summed E-state index contributed by atoms with van der Waals surface area (Å²) in [7, 11) is -1.40. The van der Waals surface area contributed by atoms with Gasteiger partial charge in [-0.3, -0.25) is 9.78 Å². The maximum atomic E-state index is 13.3. The predicted octanol–water partition coefficient (Wildman–Crippen LogP) is 3.47. The van der Waals surface area contributed by atoms with Crippen LogP contribution in [0.5, 0.6) is 0 Å². The van der Waals surface area contributed by atoms with E-state index in [9.17, 15) is 13.2 Å². The zero-order valence-electron chi connectivity index (χ0n) is 17.8. The topological polar surface area (TPSA) is 70.6 Å². The van der Waals surface area contributed by atoms with Crippen molar-refractivity contribution in [1.29, 1.82) is 0 Å². The number of amides is 1. The third-order valence-corrected chi connectivity index (χ3v) is 7.73. The molecule has 30 heavy (non-hydrogen) atoms. The smallest absolute Gasteiger partial charge is 0.226 e. The van der Waals surface area contributed by atoms with Gasteiger partial charge in [-0.25, -0.2) is 12.7 Å². The van der Waals surface area contributed by atoms with Gasteiger partial charge in [0.1, 0.15) is 0 Å². The van der Waals surface area contributed by atoms with E-state index in [1.165, 1.54) is 0 Å². The molecule has 3 rings (SSSR count).